The normalized spacial score (nSPS) is 11.9. The van der Waals surface area contributed by atoms with Crippen molar-refractivity contribution < 1.29 is 13.9 Å². The highest BCUT2D eigenvalue weighted by Crippen LogP contribution is 2.26. The first-order valence-electron chi connectivity index (χ1n) is 11.2. The van der Waals surface area contributed by atoms with Gasteiger partial charge in [0.25, 0.3) is 11.5 Å². The number of para-hydroxylation sites is 2. The monoisotopic (exact) mass is 459 g/mol. The molecule has 1 atom stereocenters. The quantitative estimate of drug-likeness (QED) is 0.384. The van der Waals surface area contributed by atoms with E-state index in [1.165, 1.54) is 16.7 Å². The standard InChI is InChI=1S/C27H26FN3O3/c1-4-16-30(26(32)19-10-9-11-20(17-19)34-3)18(2)25-29-23-14-7-5-12-21(23)27(33)31(25)24-15-8-6-13-22(24)28/h5-15,17-18H,4,16H2,1-3H3. The summed E-state index contributed by atoms with van der Waals surface area (Å²) in [6, 6.07) is 19.3. The van der Waals surface area contributed by atoms with Gasteiger partial charge in [-0.2, -0.15) is 0 Å². The molecular formula is C27H26FN3O3. The van der Waals surface area contributed by atoms with Crippen LogP contribution in [0, 0.1) is 5.82 Å². The zero-order valence-corrected chi connectivity index (χ0v) is 19.4. The van der Waals surface area contributed by atoms with Crippen molar-refractivity contribution in [3.8, 4) is 11.4 Å². The first-order chi connectivity index (χ1) is 16.5. The van der Waals surface area contributed by atoms with Gasteiger partial charge in [-0.1, -0.05) is 37.3 Å². The molecule has 0 N–H and O–H groups in total. The number of fused-ring (bicyclic) bond motifs is 1. The molecule has 0 fully saturated rings. The number of amides is 1. The number of nitrogens with zero attached hydrogens (tertiary/aromatic N) is 3. The Hall–Kier alpha value is -4.00. The fraction of sp³-hybridized carbons (Fsp3) is 0.222. The number of hydrogen-bond acceptors (Lipinski definition) is 4. The van der Waals surface area contributed by atoms with E-state index in [2.05, 4.69) is 0 Å². The molecule has 1 aromatic heterocycles. The van der Waals surface area contributed by atoms with Crippen LogP contribution in [0.15, 0.2) is 77.6 Å². The number of ether oxygens (including phenoxy) is 1. The second-order valence-corrected chi connectivity index (χ2v) is 7.99. The molecule has 3 aromatic carbocycles. The van der Waals surface area contributed by atoms with Crippen molar-refractivity contribution >= 4 is 16.8 Å². The number of halogens is 1. The van der Waals surface area contributed by atoms with Gasteiger partial charge in [0.2, 0.25) is 0 Å². The van der Waals surface area contributed by atoms with Crippen LogP contribution in [0.2, 0.25) is 0 Å². The third-order valence-corrected chi connectivity index (χ3v) is 5.78. The van der Waals surface area contributed by atoms with Crippen molar-refractivity contribution in [2.24, 2.45) is 0 Å². The topological polar surface area (TPSA) is 64.4 Å². The molecule has 6 nitrogen and oxygen atoms in total. The maximum atomic E-state index is 14.9. The molecule has 4 aromatic rings. The maximum Gasteiger partial charge on any atom is 0.266 e. The first-order valence-corrected chi connectivity index (χ1v) is 11.2. The maximum absolute atomic E-state index is 14.9. The van der Waals surface area contributed by atoms with Crippen molar-refractivity contribution in [1.29, 1.82) is 0 Å². The van der Waals surface area contributed by atoms with Crippen LogP contribution in [0.1, 0.15) is 42.5 Å². The zero-order valence-electron chi connectivity index (χ0n) is 19.4. The van der Waals surface area contributed by atoms with Gasteiger partial charge >= 0.3 is 0 Å². The first kappa shape index (κ1) is 23.2. The number of benzene rings is 3. The van der Waals surface area contributed by atoms with E-state index in [9.17, 15) is 14.0 Å². The molecule has 1 amide bonds. The van der Waals surface area contributed by atoms with Gasteiger partial charge in [0, 0.05) is 12.1 Å². The van der Waals surface area contributed by atoms with Crippen LogP contribution in [-0.4, -0.2) is 34.0 Å². The summed E-state index contributed by atoms with van der Waals surface area (Å²) in [4.78, 5) is 33.5. The van der Waals surface area contributed by atoms with Crippen LogP contribution in [-0.2, 0) is 0 Å². The van der Waals surface area contributed by atoms with E-state index in [-0.39, 0.29) is 17.2 Å². The van der Waals surface area contributed by atoms with E-state index in [1.54, 1.807) is 72.7 Å². The molecule has 34 heavy (non-hydrogen) atoms. The van der Waals surface area contributed by atoms with Gasteiger partial charge in [-0.15, -0.1) is 0 Å². The van der Waals surface area contributed by atoms with E-state index in [0.717, 1.165) is 0 Å². The minimum absolute atomic E-state index is 0.0953. The molecule has 4 rings (SSSR count). The predicted octanol–water partition coefficient (Wildman–Crippen LogP) is 5.15. The third-order valence-electron chi connectivity index (χ3n) is 5.78. The molecule has 0 bridgehead atoms. The van der Waals surface area contributed by atoms with Gasteiger partial charge in [-0.25, -0.2) is 9.37 Å². The smallest absolute Gasteiger partial charge is 0.266 e. The lowest BCUT2D eigenvalue weighted by atomic mass is 10.1. The largest absolute Gasteiger partial charge is 0.497 e. The Morgan fingerprint density at radius 1 is 1.09 bits per heavy atom. The van der Waals surface area contributed by atoms with E-state index in [0.29, 0.717) is 41.0 Å². The molecule has 7 heteroatoms. The number of hydrogen-bond donors (Lipinski definition) is 0. The molecule has 0 spiro atoms. The van der Waals surface area contributed by atoms with Gasteiger partial charge in [0.15, 0.2) is 0 Å². The molecule has 1 heterocycles. The number of carbonyl (C=O) groups excluding carboxylic acids is 1. The molecular weight excluding hydrogens is 433 g/mol. The Balaban J connectivity index is 1.91. The summed E-state index contributed by atoms with van der Waals surface area (Å²) < 4.78 is 21.4. The van der Waals surface area contributed by atoms with Crippen LogP contribution >= 0.6 is 0 Å². The molecule has 0 aliphatic rings. The Kier molecular flexibility index (Phi) is 6.72. The Morgan fingerprint density at radius 3 is 2.56 bits per heavy atom. The molecule has 0 aliphatic heterocycles. The molecule has 0 radical (unpaired) electrons. The summed E-state index contributed by atoms with van der Waals surface area (Å²) in [6.07, 6.45) is 0.692. The predicted molar refractivity (Wildman–Crippen MR) is 130 cm³/mol. The van der Waals surface area contributed by atoms with Crippen LogP contribution in [0.5, 0.6) is 5.75 Å². The fourth-order valence-electron chi connectivity index (χ4n) is 4.07. The van der Waals surface area contributed by atoms with Crippen LogP contribution in [0.4, 0.5) is 4.39 Å². The number of carbonyl (C=O) groups is 1. The number of aromatic nitrogens is 2. The second kappa shape index (κ2) is 9.87. The summed E-state index contributed by atoms with van der Waals surface area (Å²) >= 11 is 0. The lowest BCUT2D eigenvalue weighted by molar-refractivity contribution is 0.0681. The molecule has 0 saturated carbocycles. The Bertz CT molecular complexity index is 1400. The lowest BCUT2D eigenvalue weighted by Crippen LogP contribution is -2.38. The summed E-state index contributed by atoms with van der Waals surface area (Å²) in [5.41, 5.74) is 0.660. The third kappa shape index (κ3) is 4.29. The highest BCUT2D eigenvalue weighted by atomic mass is 19.1. The van der Waals surface area contributed by atoms with Gasteiger partial charge < -0.3 is 9.64 Å². The molecule has 0 aliphatic carbocycles. The van der Waals surface area contributed by atoms with Gasteiger partial charge in [0.05, 0.1) is 29.7 Å². The van der Waals surface area contributed by atoms with Gasteiger partial charge in [0.1, 0.15) is 17.4 Å². The lowest BCUT2D eigenvalue weighted by Gasteiger charge is -2.30. The summed E-state index contributed by atoms with van der Waals surface area (Å²) in [5, 5.41) is 0.378. The summed E-state index contributed by atoms with van der Waals surface area (Å²) in [7, 11) is 1.54. The van der Waals surface area contributed by atoms with E-state index < -0.39 is 11.9 Å². The van der Waals surface area contributed by atoms with E-state index in [1.807, 2.05) is 13.8 Å². The highest BCUT2D eigenvalue weighted by Gasteiger charge is 2.28. The molecule has 1 unspecified atom stereocenters. The van der Waals surface area contributed by atoms with Crippen LogP contribution in [0.3, 0.4) is 0 Å². The minimum atomic E-state index is -0.615. The average molecular weight is 460 g/mol. The van der Waals surface area contributed by atoms with Crippen molar-refractivity contribution in [1.82, 2.24) is 14.5 Å². The molecule has 0 saturated heterocycles. The minimum Gasteiger partial charge on any atom is -0.497 e. The van der Waals surface area contributed by atoms with E-state index in [4.69, 9.17) is 9.72 Å². The van der Waals surface area contributed by atoms with Crippen LogP contribution in [0.25, 0.3) is 16.6 Å². The fourth-order valence-corrected chi connectivity index (χ4v) is 4.07. The average Bonchev–Trinajstić information content (AvgIpc) is 2.87. The van der Waals surface area contributed by atoms with Crippen molar-refractivity contribution in [3.63, 3.8) is 0 Å². The van der Waals surface area contributed by atoms with Crippen molar-refractivity contribution in [2.75, 3.05) is 13.7 Å². The van der Waals surface area contributed by atoms with Gasteiger partial charge in [-0.05, 0) is 55.8 Å². The SMILES string of the molecule is CCCN(C(=O)c1cccc(OC)c1)C(C)c1nc2ccccc2c(=O)n1-c1ccccc1F. The van der Waals surface area contributed by atoms with Gasteiger partial charge in [-0.3, -0.25) is 14.2 Å². The van der Waals surface area contributed by atoms with Crippen LogP contribution < -0.4 is 10.3 Å². The Labute approximate surface area is 197 Å². The zero-order chi connectivity index (χ0) is 24.2. The molecule has 174 valence electrons. The second-order valence-electron chi connectivity index (χ2n) is 7.99. The summed E-state index contributed by atoms with van der Waals surface area (Å²) in [6.45, 7) is 4.20. The van der Waals surface area contributed by atoms with Crippen molar-refractivity contribution in [3.05, 3.63) is 100 Å². The number of rotatable bonds is 7. The van der Waals surface area contributed by atoms with E-state index >= 15 is 0 Å². The van der Waals surface area contributed by atoms with Crippen molar-refractivity contribution in [2.45, 2.75) is 26.3 Å². The number of methoxy groups -OCH3 is 1. The Morgan fingerprint density at radius 2 is 1.82 bits per heavy atom. The highest BCUT2D eigenvalue weighted by molar-refractivity contribution is 5.95. The summed E-state index contributed by atoms with van der Waals surface area (Å²) in [5.74, 6) is 0.0904.